The Hall–Kier alpha value is -1.52. The number of sulfonamides is 1. The second kappa shape index (κ2) is 8.46. The molecular formula is C17H18Cl2N2O5S2. The van der Waals surface area contributed by atoms with E-state index in [4.69, 9.17) is 32.7 Å². The van der Waals surface area contributed by atoms with Gasteiger partial charge in [-0.25, -0.2) is 8.42 Å². The second-order valence-corrected chi connectivity index (χ2v) is 10.2. The molecule has 0 aliphatic carbocycles. The molecule has 7 nitrogen and oxygen atoms in total. The van der Waals surface area contributed by atoms with Crippen LogP contribution in [0.4, 0.5) is 5.69 Å². The molecule has 1 aliphatic rings. The van der Waals surface area contributed by atoms with E-state index in [1.807, 2.05) is 0 Å². The van der Waals surface area contributed by atoms with Crippen LogP contribution in [0.5, 0.6) is 11.5 Å². The van der Waals surface area contributed by atoms with Crippen molar-refractivity contribution >= 4 is 56.2 Å². The molecule has 11 heteroatoms. The smallest absolute Gasteiger partial charge is 0.253 e. The molecule has 2 heterocycles. The van der Waals surface area contributed by atoms with Crippen molar-refractivity contribution in [2.24, 2.45) is 0 Å². The van der Waals surface area contributed by atoms with Gasteiger partial charge >= 0.3 is 0 Å². The summed E-state index contributed by atoms with van der Waals surface area (Å²) in [5.74, 6) is 0.255. The standard InChI is InChI=1S/C17H18Cl2N2O5S2/c1-25-13-9-11(14(26-2)8-10(13)18)20-17(22)12-4-3-7-21(12)28(23,24)16-6-5-15(19)27-16/h5-6,8-9,12H,3-4,7H2,1-2H3,(H,20,22)/t12-/m0/s1. The van der Waals surface area contributed by atoms with E-state index in [0.717, 1.165) is 11.3 Å². The Morgan fingerprint density at radius 3 is 2.54 bits per heavy atom. The summed E-state index contributed by atoms with van der Waals surface area (Å²) in [6.45, 7) is 0.261. The Balaban J connectivity index is 1.86. The lowest BCUT2D eigenvalue weighted by molar-refractivity contribution is -0.119. The number of hydrogen-bond donors (Lipinski definition) is 1. The molecule has 0 spiro atoms. The number of carbonyl (C=O) groups is 1. The largest absolute Gasteiger partial charge is 0.495 e. The molecular weight excluding hydrogens is 447 g/mol. The number of hydrogen-bond acceptors (Lipinski definition) is 6. The molecule has 0 saturated carbocycles. The Morgan fingerprint density at radius 1 is 1.21 bits per heavy atom. The number of thiophene rings is 1. The number of nitrogens with zero attached hydrogens (tertiary/aromatic N) is 1. The van der Waals surface area contributed by atoms with Gasteiger partial charge in [0.05, 0.1) is 29.3 Å². The molecule has 0 bridgehead atoms. The predicted molar refractivity (Wildman–Crippen MR) is 109 cm³/mol. The predicted octanol–water partition coefficient (Wildman–Crippen LogP) is 3.86. The number of rotatable bonds is 6. The number of anilines is 1. The van der Waals surface area contributed by atoms with Crippen molar-refractivity contribution < 1.29 is 22.7 Å². The molecule has 1 N–H and O–H groups in total. The van der Waals surface area contributed by atoms with Crippen molar-refractivity contribution in [2.75, 3.05) is 26.1 Å². The molecule has 2 aromatic rings. The third-order valence-corrected chi connectivity index (χ3v) is 8.25. The van der Waals surface area contributed by atoms with Crippen molar-refractivity contribution in [3.05, 3.63) is 33.6 Å². The zero-order valence-electron chi connectivity index (χ0n) is 15.1. The molecule has 1 aliphatic heterocycles. The summed E-state index contributed by atoms with van der Waals surface area (Å²) in [6, 6.07) is 5.19. The van der Waals surface area contributed by atoms with Crippen molar-refractivity contribution in [2.45, 2.75) is 23.1 Å². The summed E-state index contributed by atoms with van der Waals surface area (Å²) < 4.78 is 38.0. The molecule has 3 rings (SSSR count). The minimum atomic E-state index is -3.81. The second-order valence-electron chi connectivity index (χ2n) is 6.01. The van der Waals surface area contributed by atoms with E-state index in [9.17, 15) is 13.2 Å². The van der Waals surface area contributed by atoms with Crippen LogP contribution in [-0.2, 0) is 14.8 Å². The first-order chi connectivity index (χ1) is 13.3. The fourth-order valence-electron chi connectivity index (χ4n) is 3.02. The number of carbonyl (C=O) groups excluding carboxylic acids is 1. The summed E-state index contributed by atoms with van der Waals surface area (Å²) in [7, 11) is -0.910. The van der Waals surface area contributed by atoms with E-state index in [0.29, 0.717) is 39.4 Å². The van der Waals surface area contributed by atoms with E-state index in [2.05, 4.69) is 5.32 Å². The zero-order valence-corrected chi connectivity index (χ0v) is 18.2. The van der Waals surface area contributed by atoms with Crippen molar-refractivity contribution in [3.63, 3.8) is 0 Å². The maximum atomic E-state index is 12.9. The highest BCUT2D eigenvalue weighted by atomic mass is 35.5. The number of amides is 1. The molecule has 0 unspecified atom stereocenters. The Labute approximate surface area is 177 Å². The first kappa shape index (κ1) is 21.2. The van der Waals surface area contributed by atoms with Crippen LogP contribution in [0.2, 0.25) is 9.36 Å². The van der Waals surface area contributed by atoms with Crippen molar-refractivity contribution in [1.82, 2.24) is 4.31 Å². The van der Waals surface area contributed by atoms with E-state index >= 15 is 0 Å². The van der Waals surface area contributed by atoms with Gasteiger partial charge in [-0.05, 0) is 25.0 Å². The summed E-state index contributed by atoms with van der Waals surface area (Å²) in [4.78, 5) is 12.9. The molecule has 1 fully saturated rings. The van der Waals surface area contributed by atoms with Gasteiger partial charge in [0.2, 0.25) is 5.91 Å². The molecule has 1 aromatic carbocycles. The highest BCUT2D eigenvalue weighted by Gasteiger charge is 2.40. The summed E-state index contributed by atoms with van der Waals surface area (Å²) in [6.07, 6.45) is 0.995. The van der Waals surface area contributed by atoms with E-state index in [1.165, 1.54) is 42.8 Å². The van der Waals surface area contributed by atoms with Gasteiger partial charge in [-0.1, -0.05) is 23.2 Å². The van der Waals surface area contributed by atoms with Gasteiger partial charge in [0.15, 0.2) is 0 Å². The lowest BCUT2D eigenvalue weighted by Crippen LogP contribution is -2.42. The first-order valence-electron chi connectivity index (χ1n) is 8.27. The van der Waals surface area contributed by atoms with Crippen LogP contribution in [0.25, 0.3) is 0 Å². The topological polar surface area (TPSA) is 84.9 Å². The van der Waals surface area contributed by atoms with Crippen molar-refractivity contribution in [3.8, 4) is 11.5 Å². The lowest BCUT2D eigenvalue weighted by atomic mass is 10.2. The molecule has 1 atom stereocenters. The highest BCUT2D eigenvalue weighted by Crippen LogP contribution is 2.37. The van der Waals surface area contributed by atoms with E-state index < -0.39 is 22.0 Å². The summed E-state index contributed by atoms with van der Waals surface area (Å²) in [5, 5.41) is 3.06. The van der Waals surface area contributed by atoms with Crippen LogP contribution >= 0.6 is 34.5 Å². The Bertz CT molecular complexity index is 993. The van der Waals surface area contributed by atoms with Gasteiger partial charge in [-0.15, -0.1) is 11.3 Å². The maximum Gasteiger partial charge on any atom is 0.253 e. The quantitative estimate of drug-likeness (QED) is 0.701. The summed E-state index contributed by atoms with van der Waals surface area (Å²) in [5.41, 5.74) is 0.345. The molecule has 28 heavy (non-hydrogen) atoms. The average Bonchev–Trinajstić information content (AvgIpc) is 3.32. The molecule has 0 radical (unpaired) electrons. The van der Waals surface area contributed by atoms with Gasteiger partial charge in [0.1, 0.15) is 21.8 Å². The monoisotopic (exact) mass is 464 g/mol. The molecule has 1 amide bonds. The van der Waals surface area contributed by atoms with Crippen LogP contribution in [0.15, 0.2) is 28.5 Å². The Morgan fingerprint density at radius 2 is 1.93 bits per heavy atom. The lowest BCUT2D eigenvalue weighted by Gasteiger charge is -2.23. The normalized spacial score (nSPS) is 17.5. The number of halogens is 2. The van der Waals surface area contributed by atoms with Crippen LogP contribution in [0.3, 0.4) is 0 Å². The van der Waals surface area contributed by atoms with Crippen molar-refractivity contribution in [1.29, 1.82) is 0 Å². The third kappa shape index (κ3) is 4.08. The van der Waals surface area contributed by atoms with Gasteiger partial charge in [-0.3, -0.25) is 4.79 Å². The number of benzene rings is 1. The number of nitrogens with one attached hydrogen (secondary N) is 1. The Kier molecular flexibility index (Phi) is 6.41. The zero-order chi connectivity index (χ0) is 20.5. The average molecular weight is 465 g/mol. The number of methoxy groups -OCH3 is 2. The molecule has 152 valence electrons. The molecule has 1 aromatic heterocycles. The third-order valence-electron chi connectivity index (χ3n) is 4.35. The minimum Gasteiger partial charge on any atom is -0.495 e. The van der Waals surface area contributed by atoms with Gasteiger partial charge < -0.3 is 14.8 Å². The van der Waals surface area contributed by atoms with Crippen LogP contribution in [0.1, 0.15) is 12.8 Å². The van der Waals surface area contributed by atoms with E-state index in [1.54, 1.807) is 0 Å². The minimum absolute atomic E-state index is 0.114. The highest BCUT2D eigenvalue weighted by molar-refractivity contribution is 7.91. The van der Waals surface area contributed by atoms with Crippen LogP contribution in [0, 0.1) is 0 Å². The number of ether oxygens (including phenoxy) is 2. The van der Waals surface area contributed by atoms with Crippen LogP contribution in [-0.4, -0.2) is 45.4 Å². The van der Waals surface area contributed by atoms with Gasteiger partial charge in [0, 0.05) is 18.7 Å². The first-order valence-corrected chi connectivity index (χ1v) is 11.3. The van der Waals surface area contributed by atoms with Crippen LogP contribution < -0.4 is 14.8 Å². The molecule has 1 saturated heterocycles. The fourth-order valence-corrected chi connectivity index (χ4v) is 6.52. The van der Waals surface area contributed by atoms with Gasteiger partial charge in [0.25, 0.3) is 10.0 Å². The maximum absolute atomic E-state index is 12.9. The fraction of sp³-hybridized carbons (Fsp3) is 0.353. The van der Waals surface area contributed by atoms with Gasteiger partial charge in [-0.2, -0.15) is 4.31 Å². The van der Waals surface area contributed by atoms with E-state index in [-0.39, 0.29) is 10.8 Å². The SMILES string of the molecule is COc1cc(NC(=O)[C@@H]2CCCN2S(=O)(=O)c2ccc(Cl)s2)c(OC)cc1Cl. The summed E-state index contributed by atoms with van der Waals surface area (Å²) >= 11 is 12.9.